The van der Waals surface area contributed by atoms with E-state index in [9.17, 15) is 0 Å². The van der Waals surface area contributed by atoms with Crippen LogP contribution in [-0.2, 0) is 4.74 Å². The topological polar surface area (TPSA) is 21.3 Å². The first-order valence-corrected chi connectivity index (χ1v) is 6.62. The molecule has 88 valence electrons. The Kier molecular flexibility index (Phi) is 4.30. The molecule has 2 nitrogen and oxygen atoms in total. The molecule has 3 heteroatoms. The summed E-state index contributed by atoms with van der Waals surface area (Å²) in [5, 5.41) is 4.12. The Morgan fingerprint density at radius 3 is 2.73 bits per heavy atom. The van der Waals surface area contributed by atoms with Gasteiger partial charge in [-0.05, 0) is 51.0 Å². The third-order valence-electron chi connectivity index (χ3n) is 3.83. The highest BCUT2D eigenvalue weighted by molar-refractivity contribution is 6.21. The van der Waals surface area contributed by atoms with Gasteiger partial charge in [0.15, 0.2) is 0 Å². The minimum absolute atomic E-state index is 0.454. The Labute approximate surface area is 97.7 Å². The first-order valence-electron chi connectivity index (χ1n) is 6.18. The lowest BCUT2D eigenvalue weighted by molar-refractivity contribution is 0.0575. The first kappa shape index (κ1) is 11.7. The number of alkyl halides is 1. The van der Waals surface area contributed by atoms with Gasteiger partial charge in [-0.1, -0.05) is 0 Å². The van der Waals surface area contributed by atoms with E-state index in [1.54, 1.807) is 0 Å². The van der Waals surface area contributed by atoms with Crippen molar-refractivity contribution >= 4 is 11.6 Å². The van der Waals surface area contributed by atoms with Gasteiger partial charge >= 0.3 is 0 Å². The molecule has 0 radical (unpaired) electrons. The lowest BCUT2D eigenvalue weighted by Gasteiger charge is -2.34. The predicted molar refractivity (Wildman–Crippen MR) is 63.4 cm³/mol. The summed E-state index contributed by atoms with van der Waals surface area (Å²) >= 11 is 5.96. The summed E-state index contributed by atoms with van der Waals surface area (Å²) in [7, 11) is 1.83. The molecular formula is C12H22ClNO. The van der Waals surface area contributed by atoms with Gasteiger partial charge in [-0.25, -0.2) is 0 Å². The molecule has 2 aliphatic rings. The molecule has 0 amide bonds. The Balaban J connectivity index is 1.62. The molecule has 0 saturated heterocycles. The quantitative estimate of drug-likeness (QED) is 0.751. The molecule has 0 aliphatic heterocycles. The highest BCUT2D eigenvalue weighted by atomic mass is 35.5. The van der Waals surface area contributed by atoms with Crippen molar-refractivity contribution in [2.75, 3.05) is 13.7 Å². The Morgan fingerprint density at radius 2 is 2.07 bits per heavy atom. The maximum atomic E-state index is 5.96. The predicted octanol–water partition coefficient (Wildman–Crippen LogP) is 2.55. The second kappa shape index (κ2) is 5.51. The van der Waals surface area contributed by atoms with Gasteiger partial charge in [-0.15, -0.1) is 11.6 Å². The number of methoxy groups -OCH3 is 1. The number of ether oxygens (including phenoxy) is 1. The maximum Gasteiger partial charge on any atom is 0.0586 e. The van der Waals surface area contributed by atoms with Gasteiger partial charge in [0.2, 0.25) is 0 Å². The van der Waals surface area contributed by atoms with E-state index in [2.05, 4.69) is 5.32 Å². The van der Waals surface area contributed by atoms with Crippen molar-refractivity contribution in [2.45, 2.75) is 56.0 Å². The number of halogens is 1. The lowest BCUT2D eigenvalue weighted by Crippen LogP contribution is -2.42. The summed E-state index contributed by atoms with van der Waals surface area (Å²) < 4.78 is 5.42. The summed E-state index contributed by atoms with van der Waals surface area (Å²) in [6, 6.07) is 0.679. The largest absolute Gasteiger partial charge is 0.381 e. The van der Waals surface area contributed by atoms with Crippen LogP contribution >= 0.6 is 11.6 Å². The van der Waals surface area contributed by atoms with E-state index in [4.69, 9.17) is 16.3 Å². The van der Waals surface area contributed by atoms with Crippen molar-refractivity contribution in [3.05, 3.63) is 0 Å². The average Bonchev–Trinajstić information content (AvgIpc) is 2.23. The molecule has 2 atom stereocenters. The second-order valence-corrected chi connectivity index (χ2v) is 5.68. The molecule has 2 saturated carbocycles. The summed E-state index contributed by atoms with van der Waals surface area (Å²) in [6.45, 7) is 1.16. The van der Waals surface area contributed by atoms with Gasteiger partial charge < -0.3 is 10.1 Å². The third kappa shape index (κ3) is 3.33. The summed E-state index contributed by atoms with van der Waals surface area (Å²) in [5.74, 6) is 0.829. The highest BCUT2D eigenvalue weighted by Crippen LogP contribution is 2.31. The smallest absolute Gasteiger partial charge is 0.0586 e. The van der Waals surface area contributed by atoms with Crippen molar-refractivity contribution in [2.24, 2.45) is 5.92 Å². The van der Waals surface area contributed by atoms with E-state index in [0.717, 1.165) is 12.5 Å². The molecular weight excluding hydrogens is 210 g/mol. The molecule has 0 aromatic rings. The molecule has 0 spiro atoms. The molecule has 2 aliphatic carbocycles. The van der Waals surface area contributed by atoms with E-state index in [1.165, 1.54) is 38.5 Å². The van der Waals surface area contributed by atoms with Crippen molar-refractivity contribution in [3.8, 4) is 0 Å². The van der Waals surface area contributed by atoms with Crippen LogP contribution < -0.4 is 5.32 Å². The molecule has 0 aromatic heterocycles. The average molecular weight is 232 g/mol. The Bertz CT molecular complexity index is 194. The molecule has 0 bridgehead atoms. The van der Waals surface area contributed by atoms with E-state index in [-0.39, 0.29) is 0 Å². The first-order chi connectivity index (χ1) is 7.28. The maximum absolute atomic E-state index is 5.96. The Morgan fingerprint density at radius 1 is 1.27 bits per heavy atom. The van der Waals surface area contributed by atoms with E-state index < -0.39 is 0 Å². The van der Waals surface area contributed by atoms with Crippen LogP contribution in [-0.4, -0.2) is 31.2 Å². The van der Waals surface area contributed by atoms with Gasteiger partial charge in [-0.3, -0.25) is 0 Å². The number of nitrogens with one attached hydrogen (secondary N) is 1. The third-order valence-corrected chi connectivity index (χ3v) is 4.19. The second-order valence-electron chi connectivity index (χ2n) is 5.06. The van der Waals surface area contributed by atoms with Crippen molar-refractivity contribution in [1.29, 1.82) is 0 Å². The minimum Gasteiger partial charge on any atom is -0.381 e. The van der Waals surface area contributed by atoms with Crippen molar-refractivity contribution in [1.82, 2.24) is 5.32 Å². The Hall–Kier alpha value is 0.210. The van der Waals surface area contributed by atoms with Crippen LogP contribution in [0.5, 0.6) is 0 Å². The van der Waals surface area contributed by atoms with E-state index in [0.29, 0.717) is 17.5 Å². The van der Waals surface area contributed by atoms with Gasteiger partial charge in [0, 0.05) is 18.5 Å². The molecule has 0 aromatic carbocycles. The number of hydrogen-bond donors (Lipinski definition) is 1. The van der Waals surface area contributed by atoms with Crippen LogP contribution in [0.2, 0.25) is 0 Å². The molecule has 0 heterocycles. The van der Waals surface area contributed by atoms with Crippen LogP contribution in [0, 0.1) is 5.92 Å². The van der Waals surface area contributed by atoms with Gasteiger partial charge in [0.1, 0.15) is 0 Å². The van der Waals surface area contributed by atoms with Crippen LogP contribution in [0.4, 0.5) is 0 Å². The van der Waals surface area contributed by atoms with E-state index >= 15 is 0 Å². The van der Waals surface area contributed by atoms with Gasteiger partial charge in [0.05, 0.1) is 6.10 Å². The molecule has 2 unspecified atom stereocenters. The monoisotopic (exact) mass is 231 g/mol. The van der Waals surface area contributed by atoms with Crippen LogP contribution in [0.1, 0.15) is 38.5 Å². The van der Waals surface area contributed by atoms with Crippen LogP contribution in [0.25, 0.3) is 0 Å². The summed E-state index contributed by atoms with van der Waals surface area (Å²) in [6.07, 6.45) is 7.94. The number of hydrogen-bond acceptors (Lipinski definition) is 2. The fourth-order valence-corrected chi connectivity index (χ4v) is 3.20. The van der Waals surface area contributed by atoms with Crippen LogP contribution in [0.3, 0.4) is 0 Å². The van der Waals surface area contributed by atoms with Gasteiger partial charge in [-0.2, -0.15) is 0 Å². The van der Waals surface area contributed by atoms with Gasteiger partial charge in [0.25, 0.3) is 0 Å². The fourth-order valence-electron chi connectivity index (χ4n) is 2.70. The van der Waals surface area contributed by atoms with Crippen molar-refractivity contribution < 1.29 is 4.74 Å². The highest BCUT2D eigenvalue weighted by Gasteiger charge is 2.28. The molecule has 2 rings (SSSR count). The SMILES string of the molecule is COC1CCCC(NCC2CC(Cl)C2)C1. The molecule has 1 N–H and O–H groups in total. The standard InChI is InChI=1S/C12H22ClNO/c1-15-12-4-2-3-11(7-12)14-8-9-5-10(13)6-9/h9-12,14H,2-8H2,1H3. The number of rotatable bonds is 4. The van der Waals surface area contributed by atoms with E-state index in [1.807, 2.05) is 7.11 Å². The summed E-state index contributed by atoms with van der Waals surface area (Å²) in [4.78, 5) is 0. The molecule has 15 heavy (non-hydrogen) atoms. The zero-order chi connectivity index (χ0) is 10.7. The normalized spacial score (nSPS) is 41.2. The zero-order valence-corrected chi connectivity index (χ0v) is 10.3. The fraction of sp³-hybridized carbons (Fsp3) is 1.00. The minimum atomic E-state index is 0.454. The lowest BCUT2D eigenvalue weighted by atomic mass is 9.84. The van der Waals surface area contributed by atoms with Crippen LogP contribution in [0.15, 0.2) is 0 Å². The zero-order valence-electron chi connectivity index (χ0n) is 9.55. The summed E-state index contributed by atoms with van der Waals surface area (Å²) in [5.41, 5.74) is 0. The van der Waals surface area contributed by atoms with Crippen molar-refractivity contribution in [3.63, 3.8) is 0 Å². The molecule has 2 fully saturated rings.